The van der Waals surface area contributed by atoms with E-state index in [0.29, 0.717) is 11.3 Å². The van der Waals surface area contributed by atoms with Crippen LogP contribution in [0.4, 0.5) is 11.4 Å². The van der Waals surface area contributed by atoms with Crippen molar-refractivity contribution in [3.05, 3.63) is 60.2 Å². The minimum atomic E-state index is -1.62. The molecule has 1 atom stereocenters. The van der Waals surface area contributed by atoms with Crippen LogP contribution in [-0.4, -0.2) is 36.1 Å². The lowest BCUT2D eigenvalue weighted by atomic mass is 9.86. The fraction of sp³-hybridized carbons (Fsp3) is 0.167. The number of ketones is 1. The summed E-state index contributed by atoms with van der Waals surface area (Å²) in [5.74, 6) is -0.742. The summed E-state index contributed by atoms with van der Waals surface area (Å²) in [6.07, 6.45) is 0. The molecule has 6 heteroatoms. The highest BCUT2D eigenvalue weighted by molar-refractivity contribution is 7.80. The van der Waals surface area contributed by atoms with E-state index in [1.54, 1.807) is 36.2 Å². The number of carbonyl (C=O) groups excluding carboxylic acids is 2. The maximum atomic E-state index is 13.1. The molecule has 0 saturated carbocycles. The molecule has 0 bridgehead atoms. The number of anilines is 2. The van der Waals surface area contributed by atoms with Crippen LogP contribution in [0.15, 0.2) is 54.6 Å². The molecule has 2 aromatic carbocycles. The first-order valence-electron chi connectivity index (χ1n) is 7.52. The number of carbonyl (C=O) groups is 2. The van der Waals surface area contributed by atoms with Crippen LogP contribution in [0.5, 0.6) is 0 Å². The molecule has 0 aliphatic carbocycles. The molecule has 2 heterocycles. The van der Waals surface area contributed by atoms with Crippen LogP contribution in [0.2, 0.25) is 0 Å². The second-order valence-corrected chi connectivity index (χ2v) is 6.18. The van der Waals surface area contributed by atoms with Crippen molar-refractivity contribution in [1.29, 1.82) is 0 Å². The maximum absolute atomic E-state index is 13.1. The quantitative estimate of drug-likeness (QED) is 0.590. The van der Waals surface area contributed by atoms with E-state index in [2.05, 4.69) is 0 Å². The number of thiocarbonyl (C=S) groups is 1. The van der Waals surface area contributed by atoms with Crippen LogP contribution >= 0.6 is 12.2 Å². The summed E-state index contributed by atoms with van der Waals surface area (Å²) < 4.78 is 5.73. The molecule has 2 aromatic rings. The molecule has 0 N–H and O–H groups in total. The Bertz CT molecular complexity index is 868. The summed E-state index contributed by atoms with van der Waals surface area (Å²) in [6, 6.07) is 16.4. The van der Waals surface area contributed by atoms with Crippen molar-refractivity contribution in [2.75, 3.05) is 23.4 Å². The van der Waals surface area contributed by atoms with Crippen LogP contribution in [0.25, 0.3) is 0 Å². The molecule has 2 aliphatic heterocycles. The summed E-state index contributed by atoms with van der Waals surface area (Å²) >= 11 is 5.30. The van der Waals surface area contributed by atoms with Crippen molar-refractivity contribution >= 4 is 40.5 Å². The molecule has 0 radical (unpaired) electrons. The zero-order chi connectivity index (χ0) is 16.9. The van der Waals surface area contributed by atoms with Crippen molar-refractivity contribution in [3.63, 3.8) is 0 Å². The normalized spacial score (nSPS) is 22.8. The number of rotatable bonds is 1. The summed E-state index contributed by atoms with van der Waals surface area (Å²) in [6.45, 7) is 0.0756. The van der Waals surface area contributed by atoms with Gasteiger partial charge in [0.15, 0.2) is 0 Å². The van der Waals surface area contributed by atoms with Crippen LogP contribution in [0, 0.1) is 0 Å². The van der Waals surface area contributed by atoms with Crippen LogP contribution in [0.3, 0.4) is 0 Å². The number of amides is 1. The molecular weight excluding hydrogens is 324 g/mol. The molecule has 1 saturated heterocycles. The van der Waals surface area contributed by atoms with E-state index < -0.39 is 11.5 Å². The van der Waals surface area contributed by atoms with E-state index in [9.17, 15) is 9.59 Å². The molecule has 24 heavy (non-hydrogen) atoms. The van der Waals surface area contributed by atoms with Gasteiger partial charge in [0.2, 0.25) is 5.78 Å². The smallest absolute Gasteiger partial charge is 0.281 e. The summed E-state index contributed by atoms with van der Waals surface area (Å²) in [7, 11) is 1.65. The van der Waals surface area contributed by atoms with Gasteiger partial charge in [-0.25, -0.2) is 0 Å². The minimum Gasteiger partial charge on any atom is -0.443 e. The van der Waals surface area contributed by atoms with Gasteiger partial charge in [0, 0.05) is 18.3 Å². The largest absolute Gasteiger partial charge is 0.443 e. The average molecular weight is 338 g/mol. The molecule has 1 amide bonds. The van der Waals surface area contributed by atoms with E-state index in [0.717, 1.165) is 5.69 Å². The number of fused-ring (bicyclic) bond motifs is 1. The van der Waals surface area contributed by atoms with Gasteiger partial charge >= 0.3 is 0 Å². The first kappa shape index (κ1) is 14.8. The lowest BCUT2D eigenvalue weighted by molar-refractivity contribution is -0.129. The second kappa shape index (κ2) is 5.14. The zero-order valence-corrected chi connectivity index (χ0v) is 13.7. The van der Waals surface area contributed by atoms with Crippen molar-refractivity contribution in [1.82, 2.24) is 0 Å². The highest BCUT2D eigenvalue weighted by Crippen LogP contribution is 2.39. The average Bonchev–Trinajstić information content (AvgIpc) is 2.98. The van der Waals surface area contributed by atoms with Crippen LogP contribution < -0.4 is 9.80 Å². The van der Waals surface area contributed by atoms with Gasteiger partial charge in [-0.15, -0.1) is 0 Å². The van der Waals surface area contributed by atoms with Crippen molar-refractivity contribution in [2.45, 2.75) is 5.60 Å². The van der Waals surface area contributed by atoms with E-state index in [1.165, 1.54) is 4.90 Å². The van der Waals surface area contributed by atoms with Gasteiger partial charge < -0.3 is 9.64 Å². The number of likely N-dealkylation sites (N-methyl/N-ethyl adjacent to an activating group) is 1. The molecule has 1 spiro atoms. The topological polar surface area (TPSA) is 49.9 Å². The molecular formula is C18H14N2O3S. The van der Waals surface area contributed by atoms with E-state index in [1.807, 2.05) is 30.3 Å². The van der Waals surface area contributed by atoms with Crippen LogP contribution in [0.1, 0.15) is 10.4 Å². The lowest BCUT2D eigenvalue weighted by Crippen LogP contribution is -2.59. The van der Waals surface area contributed by atoms with Gasteiger partial charge in [-0.3, -0.25) is 14.5 Å². The lowest BCUT2D eigenvalue weighted by Gasteiger charge is -2.35. The zero-order valence-electron chi connectivity index (χ0n) is 12.9. The molecule has 120 valence electrons. The minimum absolute atomic E-state index is 0.0756. The number of nitrogens with zero attached hydrogens (tertiary/aromatic N) is 2. The van der Waals surface area contributed by atoms with E-state index in [-0.39, 0.29) is 17.5 Å². The monoisotopic (exact) mass is 338 g/mol. The number of hydrogen-bond donors (Lipinski definition) is 0. The Balaban J connectivity index is 1.80. The molecule has 0 aromatic heterocycles. The fourth-order valence-corrected chi connectivity index (χ4v) is 3.52. The van der Waals surface area contributed by atoms with Crippen molar-refractivity contribution in [2.24, 2.45) is 0 Å². The van der Waals surface area contributed by atoms with E-state index >= 15 is 0 Å². The number of benzene rings is 2. The standard InChI is InChI=1S/C18H14N2O3S/c1-19-14-10-6-5-9-13(14)15(21)18(16(19)22)11-20(17(24)23-18)12-7-3-2-4-8-12/h2-10H,11H2,1H3. The van der Waals surface area contributed by atoms with Crippen LogP contribution in [-0.2, 0) is 9.53 Å². The summed E-state index contributed by atoms with van der Waals surface area (Å²) in [4.78, 5) is 29.2. The number of ether oxygens (including phenoxy) is 1. The highest BCUT2D eigenvalue weighted by atomic mass is 32.1. The Hall–Kier alpha value is -2.73. The molecule has 1 unspecified atom stereocenters. The highest BCUT2D eigenvalue weighted by Gasteiger charge is 2.60. The van der Waals surface area contributed by atoms with Crippen molar-refractivity contribution < 1.29 is 14.3 Å². The summed E-state index contributed by atoms with van der Waals surface area (Å²) in [5, 5.41) is 0.135. The Morgan fingerprint density at radius 1 is 1.04 bits per heavy atom. The van der Waals surface area contributed by atoms with Gasteiger partial charge in [-0.2, -0.15) is 0 Å². The molecule has 5 nitrogen and oxygen atoms in total. The molecule has 1 fully saturated rings. The first-order valence-corrected chi connectivity index (χ1v) is 7.93. The SMILES string of the molecule is CN1C(=O)C2(CN(c3ccccc3)C(=S)O2)C(=O)c2ccccc21. The van der Waals surface area contributed by atoms with Gasteiger partial charge in [-0.1, -0.05) is 30.3 Å². The van der Waals surface area contributed by atoms with Crippen molar-refractivity contribution in [3.8, 4) is 0 Å². The van der Waals surface area contributed by atoms with Gasteiger partial charge in [0.05, 0.1) is 12.2 Å². The van der Waals surface area contributed by atoms with Gasteiger partial charge in [0.1, 0.15) is 0 Å². The third-order valence-electron chi connectivity index (χ3n) is 4.46. The maximum Gasteiger partial charge on any atom is 0.281 e. The number of Topliss-reactive ketones (excluding diaryl/α,β-unsaturated/α-hetero) is 1. The van der Waals surface area contributed by atoms with Gasteiger partial charge in [0.25, 0.3) is 16.7 Å². The fourth-order valence-electron chi connectivity index (χ4n) is 3.21. The Morgan fingerprint density at radius 2 is 1.71 bits per heavy atom. The predicted molar refractivity (Wildman–Crippen MR) is 94.4 cm³/mol. The van der Waals surface area contributed by atoms with Gasteiger partial charge in [-0.05, 0) is 36.5 Å². The number of para-hydroxylation sites is 2. The summed E-state index contributed by atoms with van der Waals surface area (Å²) in [5.41, 5.74) is 0.236. The predicted octanol–water partition coefficient (Wildman–Crippen LogP) is 2.41. The third-order valence-corrected chi connectivity index (χ3v) is 4.76. The third kappa shape index (κ3) is 1.89. The molecule has 4 rings (SSSR count). The Morgan fingerprint density at radius 3 is 2.46 bits per heavy atom. The number of hydrogen-bond acceptors (Lipinski definition) is 4. The Kier molecular flexibility index (Phi) is 3.18. The Labute approximate surface area is 144 Å². The molecule has 2 aliphatic rings. The second-order valence-electron chi connectivity index (χ2n) is 5.83. The van der Waals surface area contributed by atoms with E-state index in [4.69, 9.17) is 17.0 Å². The first-order chi connectivity index (χ1) is 11.5.